The molecule has 1 aliphatic rings. The van der Waals surface area contributed by atoms with Crippen LogP contribution in [0.5, 0.6) is 0 Å². The quantitative estimate of drug-likeness (QED) is 0.732. The first kappa shape index (κ1) is 16.5. The molecule has 1 saturated heterocycles. The van der Waals surface area contributed by atoms with Gasteiger partial charge in [-0.1, -0.05) is 40.5 Å². The van der Waals surface area contributed by atoms with Gasteiger partial charge in [0, 0.05) is 23.1 Å². The number of carbonyl (C=O) groups excluding carboxylic acids is 1. The van der Waals surface area contributed by atoms with Crippen molar-refractivity contribution in [3.63, 3.8) is 0 Å². The molecule has 5 nitrogen and oxygen atoms in total. The molecule has 2 heterocycles. The average molecular weight is 396 g/mol. The van der Waals surface area contributed by atoms with Crippen molar-refractivity contribution in [2.75, 3.05) is 18.8 Å². The van der Waals surface area contributed by atoms with Crippen molar-refractivity contribution < 1.29 is 9.21 Å². The van der Waals surface area contributed by atoms with Crippen LogP contribution in [-0.2, 0) is 4.79 Å². The molecule has 0 atom stereocenters. The van der Waals surface area contributed by atoms with Crippen LogP contribution in [0.4, 0.5) is 0 Å². The fourth-order valence-electron chi connectivity index (χ4n) is 2.51. The fraction of sp³-hybridized carbons (Fsp3) is 0.438. The van der Waals surface area contributed by atoms with Crippen LogP contribution in [0.3, 0.4) is 0 Å². The van der Waals surface area contributed by atoms with E-state index in [4.69, 9.17) is 4.42 Å². The first-order valence-corrected chi connectivity index (χ1v) is 9.50. The van der Waals surface area contributed by atoms with Crippen LogP contribution in [-0.4, -0.2) is 39.8 Å². The molecule has 1 aliphatic heterocycles. The fourth-order valence-corrected chi connectivity index (χ4v) is 3.44. The van der Waals surface area contributed by atoms with E-state index in [0.717, 1.165) is 36.0 Å². The molecule has 0 spiro atoms. The number of nitrogens with zero attached hydrogens (tertiary/aromatic N) is 3. The Balaban J connectivity index is 1.56. The van der Waals surface area contributed by atoms with Gasteiger partial charge in [-0.2, -0.15) is 0 Å². The Morgan fingerprint density at radius 3 is 2.52 bits per heavy atom. The summed E-state index contributed by atoms with van der Waals surface area (Å²) in [7, 11) is 0. The average Bonchev–Trinajstić information content (AvgIpc) is 2.86. The number of aromatic nitrogens is 2. The second-order valence-corrected chi connectivity index (χ2v) is 7.31. The van der Waals surface area contributed by atoms with Crippen LogP contribution in [0.2, 0.25) is 0 Å². The number of amides is 1. The maximum Gasteiger partial charge on any atom is 0.277 e. The van der Waals surface area contributed by atoms with Crippen LogP contribution < -0.4 is 0 Å². The Morgan fingerprint density at radius 2 is 1.83 bits per heavy atom. The van der Waals surface area contributed by atoms with Gasteiger partial charge < -0.3 is 9.32 Å². The van der Waals surface area contributed by atoms with Gasteiger partial charge >= 0.3 is 0 Å². The lowest BCUT2D eigenvalue weighted by atomic mass is 10.2. The minimum absolute atomic E-state index is 0.153. The van der Waals surface area contributed by atoms with Gasteiger partial charge in [0.05, 0.1) is 5.75 Å². The number of carbonyl (C=O) groups is 1. The molecule has 7 heteroatoms. The van der Waals surface area contributed by atoms with Crippen molar-refractivity contribution in [2.24, 2.45) is 0 Å². The molecule has 1 aromatic heterocycles. The zero-order valence-corrected chi connectivity index (χ0v) is 15.1. The lowest BCUT2D eigenvalue weighted by Crippen LogP contribution is -2.33. The molecule has 3 rings (SSSR count). The molecule has 0 unspecified atom stereocenters. The second kappa shape index (κ2) is 7.97. The summed E-state index contributed by atoms with van der Waals surface area (Å²) in [4.78, 5) is 14.2. The maximum atomic E-state index is 12.2. The van der Waals surface area contributed by atoms with Gasteiger partial charge in [-0.05, 0) is 37.1 Å². The Morgan fingerprint density at radius 1 is 1.13 bits per heavy atom. The van der Waals surface area contributed by atoms with E-state index in [1.54, 1.807) is 0 Å². The first-order valence-electron chi connectivity index (χ1n) is 7.72. The van der Waals surface area contributed by atoms with Crippen LogP contribution in [0.25, 0.3) is 11.5 Å². The molecule has 23 heavy (non-hydrogen) atoms. The molecule has 0 radical (unpaired) electrons. The second-order valence-electron chi connectivity index (χ2n) is 5.46. The Bertz CT molecular complexity index is 652. The van der Waals surface area contributed by atoms with E-state index in [1.165, 1.54) is 24.6 Å². The van der Waals surface area contributed by atoms with Crippen LogP contribution in [0.1, 0.15) is 25.7 Å². The number of halogens is 1. The number of thioether (sulfide) groups is 1. The van der Waals surface area contributed by atoms with Gasteiger partial charge in [0.2, 0.25) is 11.8 Å². The van der Waals surface area contributed by atoms with Gasteiger partial charge in [-0.15, -0.1) is 10.2 Å². The summed E-state index contributed by atoms with van der Waals surface area (Å²) in [5, 5.41) is 8.49. The van der Waals surface area contributed by atoms with E-state index in [0.29, 0.717) is 16.9 Å². The number of rotatable bonds is 4. The molecule has 0 bridgehead atoms. The van der Waals surface area contributed by atoms with Crippen molar-refractivity contribution in [2.45, 2.75) is 30.9 Å². The number of benzene rings is 1. The third-order valence-corrected chi connectivity index (χ3v) is 5.11. The highest BCUT2D eigenvalue weighted by atomic mass is 79.9. The van der Waals surface area contributed by atoms with Gasteiger partial charge in [0.1, 0.15) is 0 Å². The van der Waals surface area contributed by atoms with E-state index < -0.39 is 0 Å². The molecule has 0 N–H and O–H groups in total. The Labute approximate surface area is 148 Å². The van der Waals surface area contributed by atoms with Gasteiger partial charge in [0.15, 0.2) is 0 Å². The van der Waals surface area contributed by atoms with Crippen molar-refractivity contribution in [3.05, 3.63) is 28.7 Å². The third kappa shape index (κ3) is 4.57. The SMILES string of the molecule is O=C(CSc1nnc(-c2ccc(Br)cc2)o1)N1CCCCCC1. The predicted molar refractivity (Wildman–Crippen MR) is 93.2 cm³/mol. The predicted octanol–water partition coefficient (Wildman–Crippen LogP) is 3.99. The highest BCUT2D eigenvalue weighted by molar-refractivity contribution is 9.10. The molecular formula is C16H18BrN3O2S. The molecular weight excluding hydrogens is 378 g/mol. The van der Waals surface area contributed by atoms with Gasteiger partial charge in [0.25, 0.3) is 5.22 Å². The number of hydrogen-bond donors (Lipinski definition) is 0. The molecule has 0 aliphatic carbocycles. The summed E-state index contributed by atoms with van der Waals surface area (Å²) in [5.74, 6) is 0.977. The lowest BCUT2D eigenvalue weighted by Gasteiger charge is -2.19. The van der Waals surface area contributed by atoms with E-state index in [2.05, 4.69) is 26.1 Å². The smallest absolute Gasteiger partial charge is 0.277 e. The zero-order valence-electron chi connectivity index (χ0n) is 12.7. The zero-order chi connectivity index (χ0) is 16.1. The standard InChI is InChI=1S/C16H18BrN3O2S/c17-13-7-5-12(6-8-13)15-18-19-16(22-15)23-11-14(21)20-9-3-1-2-4-10-20/h5-8H,1-4,9-11H2. The maximum absolute atomic E-state index is 12.2. The number of hydrogen-bond acceptors (Lipinski definition) is 5. The van der Waals surface area contributed by atoms with E-state index in [9.17, 15) is 4.79 Å². The Hall–Kier alpha value is -1.34. The normalized spacial score (nSPS) is 15.4. The Kier molecular flexibility index (Phi) is 5.72. The number of likely N-dealkylation sites (tertiary alicyclic amines) is 1. The summed E-state index contributed by atoms with van der Waals surface area (Å²) in [6.45, 7) is 1.74. The summed E-state index contributed by atoms with van der Waals surface area (Å²) in [5.41, 5.74) is 0.867. The minimum atomic E-state index is 0.153. The highest BCUT2D eigenvalue weighted by Gasteiger charge is 2.17. The van der Waals surface area contributed by atoms with Crippen molar-refractivity contribution in [1.82, 2.24) is 15.1 Å². The van der Waals surface area contributed by atoms with E-state index in [-0.39, 0.29) is 5.91 Å². The third-order valence-electron chi connectivity index (χ3n) is 3.78. The van der Waals surface area contributed by atoms with Crippen molar-refractivity contribution >= 4 is 33.6 Å². The first-order chi connectivity index (χ1) is 11.2. The summed E-state index contributed by atoms with van der Waals surface area (Å²) in [6, 6.07) is 7.67. The molecule has 1 aromatic carbocycles. The molecule has 1 fully saturated rings. The van der Waals surface area contributed by atoms with Gasteiger partial charge in [-0.3, -0.25) is 4.79 Å². The molecule has 122 valence electrons. The molecule has 2 aromatic rings. The monoisotopic (exact) mass is 395 g/mol. The van der Waals surface area contributed by atoms with Crippen LogP contribution in [0, 0.1) is 0 Å². The van der Waals surface area contributed by atoms with E-state index >= 15 is 0 Å². The van der Waals surface area contributed by atoms with Gasteiger partial charge in [-0.25, -0.2) is 0 Å². The van der Waals surface area contributed by atoms with Crippen molar-refractivity contribution in [3.8, 4) is 11.5 Å². The largest absolute Gasteiger partial charge is 0.411 e. The van der Waals surface area contributed by atoms with E-state index in [1.807, 2.05) is 29.2 Å². The highest BCUT2D eigenvalue weighted by Crippen LogP contribution is 2.24. The minimum Gasteiger partial charge on any atom is -0.411 e. The van der Waals surface area contributed by atoms with Crippen LogP contribution >= 0.6 is 27.7 Å². The summed E-state index contributed by atoms with van der Waals surface area (Å²) in [6.07, 6.45) is 4.64. The molecule has 1 amide bonds. The van der Waals surface area contributed by atoms with Crippen LogP contribution in [0.15, 0.2) is 38.4 Å². The summed E-state index contributed by atoms with van der Waals surface area (Å²) >= 11 is 4.70. The van der Waals surface area contributed by atoms with Crippen molar-refractivity contribution in [1.29, 1.82) is 0 Å². The molecule has 0 saturated carbocycles. The topological polar surface area (TPSA) is 59.2 Å². The summed E-state index contributed by atoms with van der Waals surface area (Å²) < 4.78 is 6.63. The lowest BCUT2D eigenvalue weighted by molar-refractivity contribution is -0.128.